The first-order valence-corrected chi connectivity index (χ1v) is 10.0. The maximum atomic E-state index is 12.8. The number of phenols is 2. The Morgan fingerprint density at radius 3 is 2.68 bits per heavy atom. The molecule has 0 amide bonds. The van der Waals surface area contributed by atoms with Crippen molar-refractivity contribution in [3.05, 3.63) is 23.3 Å². The third kappa shape index (κ3) is 6.13. The number of carboxylic acid groups (broad SMARTS) is 1. The van der Waals surface area contributed by atoms with Crippen molar-refractivity contribution in [3.8, 4) is 11.5 Å². The summed E-state index contributed by atoms with van der Waals surface area (Å²) in [4.78, 5) is 35.8. The van der Waals surface area contributed by atoms with Crippen LogP contribution in [0.3, 0.4) is 0 Å². The maximum Gasteiger partial charge on any atom is 0.333 e. The van der Waals surface area contributed by atoms with Crippen molar-refractivity contribution in [1.29, 1.82) is 0 Å². The van der Waals surface area contributed by atoms with Crippen LogP contribution in [0.5, 0.6) is 11.5 Å². The van der Waals surface area contributed by atoms with Gasteiger partial charge in [-0.25, -0.2) is 4.79 Å². The van der Waals surface area contributed by atoms with Gasteiger partial charge < -0.3 is 25.2 Å². The Morgan fingerprint density at radius 1 is 1.29 bits per heavy atom. The number of thioether (sulfide) groups is 1. The standard InChI is InChI=1S/C19H24O8S/c1-10-3-2-4-13(28-9-16(23)19(25)26)8-15(22)18-11(6-17(24)27-10)5-12(20)7-14(18)21/h5,7,10,13,16,20-21,23H,2-4,6,8-9H2,1H3,(H,25,26). The number of esters is 1. The topological polar surface area (TPSA) is 141 Å². The number of benzene rings is 1. The molecule has 1 aromatic rings. The summed E-state index contributed by atoms with van der Waals surface area (Å²) in [5.74, 6) is -3.06. The number of carbonyl (C=O) groups excluding carboxylic acids is 2. The van der Waals surface area contributed by atoms with E-state index in [0.717, 1.165) is 6.07 Å². The van der Waals surface area contributed by atoms with E-state index >= 15 is 0 Å². The van der Waals surface area contributed by atoms with Crippen molar-refractivity contribution >= 4 is 29.5 Å². The number of ketones is 1. The maximum absolute atomic E-state index is 12.8. The molecule has 154 valence electrons. The van der Waals surface area contributed by atoms with Crippen LogP contribution in [-0.2, 0) is 20.7 Å². The second kappa shape index (κ2) is 9.79. The molecule has 3 atom stereocenters. The van der Waals surface area contributed by atoms with Gasteiger partial charge >= 0.3 is 11.9 Å². The second-order valence-corrected chi connectivity index (χ2v) is 8.18. The summed E-state index contributed by atoms with van der Waals surface area (Å²) >= 11 is 1.18. The van der Waals surface area contributed by atoms with Gasteiger partial charge in [0.15, 0.2) is 11.9 Å². The van der Waals surface area contributed by atoms with Crippen molar-refractivity contribution in [3.63, 3.8) is 0 Å². The van der Waals surface area contributed by atoms with E-state index in [0.29, 0.717) is 19.3 Å². The second-order valence-electron chi connectivity index (χ2n) is 6.84. The molecule has 9 heteroatoms. The summed E-state index contributed by atoms with van der Waals surface area (Å²) in [6.07, 6.45) is -0.340. The number of aliphatic carboxylic acids is 1. The highest BCUT2D eigenvalue weighted by Crippen LogP contribution is 2.32. The Kier molecular flexibility index (Phi) is 7.70. The highest BCUT2D eigenvalue weighted by molar-refractivity contribution is 8.00. The van der Waals surface area contributed by atoms with Crippen LogP contribution < -0.4 is 0 Å². The van der Waals surface area contributed by atoms with Gasteiger partial charge in [0.25, 0.3) is 0 Å². The van der Waals surface area contributed by atoms with E-state index in [2.05, 4.69) is 0 Å². The Hall–Kier alpha value is -2.26. The molecule has 0 spiro atoms. The average molecular weight is 412 g/mol. The van der Waals surface area contributed by atoms with Crippen LogP contribution >= 0.6 is 11.8 Å². The van der Waals surface area contributed by atoms with Gasteiger partial charge in [0.2, 0.25) is 0 Å². The van der Waals surface area contributed by atoms with Gasteiger partial charge in [0.1, 0.15) is 11.5 Å². The molecule has 28 heavy (non-hydrogen) atoms. The smallest absolute Gasteiger partial charge is 0.333 e. The van der Waals surface area contributed by atoms with Gasteiger partial charge in [-0.15, -0.1) is 0 Å². The van der Waals surface area contributed by atoms with Crippen LogP contribution in [0.1, 0.15) is 48.5 Å². The molecule has 0 fully saturated rings. The van der Waals surface area contributed by atoms with Crippen LogP contribution in [0.4, 0.5) is 0 Å². The highest BCUT2D eigenvalue weighted by atomic mass is 32.2. The van der Waals surface area contributed by atoms with E-state index in [4.69, 9.17) is 9.84 Å². The fourth-order valence-electron chi connectivity index (χ4n) is 3.10. The first-order chi connectivity index (χ1) is 13.2. The molecule has 1 aliphatic heterocycles. The Balaban J connectivity index is 2.29. The quantitative estimate of drug-likeness (QED) is 0.545. The van der Waals surface area contributed by atoms with Crippen LogP contribution in [0.15, 0.2) is 12.1 Å². The van der Waals surface area contributed by atoms with Crippen molar-refractivity contribution in [2.45, 2.75) is 56.5 Å². The van der Waals surface area contributed by atoms with Gasteiger partial charge in [-0.2, -0.15) is 11.8 Å². The van der Waals surface area contributed by atoms with Crippen LogP contribution in [0.2, 0.25) is 0 Å². The summed E-state index contributed by atoms with van der Waals surface area (Å²) < 4.78 is 5.32. The number of aliphatic hydroxyl groups is 1. The molecule has 1 aliphatic rings. The monoisotopic (exact) mass is 412 g/mol. The largest absolute Gasteiger partial charge is 0.508 e. The lowest BCUT2D eigenvalue weighted by Crippen LogP contribution is -2.25. The molecule has 0 aromatic heterocycles. The number of carbonyl (C=O) groups is 3. The van der Waals surface area contributed by atoms with Gasteiger partial charge in [-0.1, -0.05) is 0 Å². The van der Waals surface area contributed by atoms with Crippen molar-refractivity contribution in [1.82, 2.24) is 0 Å². The molecular weight excluding hydrogens is 388 g/mol. The number of fused-ring (bicyclic) bond motifs is 1. The fraction of sp³-hybridized carbons (Fsp3) is 0.526. The normalized spacial score (nSPS) is 22.4. The molecule has 4 N–H and O–H groups in total. The molecule has 0 bridgehead atoms. The molecule has 0 radical (unpaired) electrons. The Morgan fingerprint density at radius 2 is 2.00 bits per heavy atom. The minimum atomic E-state index is -1.53. The minimum absolute atomic E-state index is 0.00572. The molecule has 1 heterocycles. The lowest BCUT2D eigenvalue weighted by Gasteiger charge is -2.21. The van der Waals surface area contributed by atoms with Gasteiger partial charge in [-0.05, 0) is 37.8 Å². The third-order valence-corrected chi connectivity index (χ3v) is 5.84. The third-order valence-electron chi connectivity index (χ3n) is 4.45. The summed E-state index contributed by atoms with van der Waals surface area (Å²) in [5, 5.41) is 38.0. The predicted molar refractivity (Wildman–Crippen MR) is 102 cm³/mol. The van der Waals surface area contributed by atoms with E-state index < -0.39 is 29.6 Å². The number of aromatic hydroxyl groups is 2. The predicted octanol–water partition coefficient (Wildman–Crippen LogP) is 1.88. The van der Waals surface area contributed by atoms with Gasteiger partial charge in [0.05, 0.1) is 18.1 Å². The van der Waals surface area contributed by atoms with Crippen LogP contribution in [-0.4, -0.2) is 61.4 Å². The summed E-state index contributed by atoms with van der Waals surface area (Å²) in [6.45, 7) is 1.76. The zero-order valence-electron chi connectivity index (χ0n) is 15.5. The number of cyclic esters (lactones) is 1. The first-order valence-electron chi connectivity index (χ1n) is 8.97. The molecular formula is C19H24O8S. The zero-order valence-corrected chi connectivity index (χ0v) is 16.3. The summed E-state index contributed by atoms with van der Waals surface area (Å²) in [5.41, 5.74) is 0.127. The van der Waals surface area contributed by atoms with Crippen molar-refractivity contribution < 1.29 is 39.5 Å². The number of rotatable bonds is 4. The Labute approximate surface area is 166 Å². The summed E-state index contributed by atoms with van der Waals surface area (Å²) in [6, 6.07) is 2.29. The number of hydrogen-bond acceptors (Lipinski definition) is 8. The van der Waals surface area contributed by atoms with Gasteiger partial charge in [0, 0.05) is 23.5 Å². The number of ether oxygens (including phenoxy) is 1. The fourth-order valence-corrected chi connectivity index (χ4v) is 4.30. The number of aliphatic hydroxyl groups excluding tert-OH is 1. The van der Waals surface area contributed by atoms with E-state index in [-0.39, 0.29) is 46.8 Å². The first kappa shape index (κ1) is 22.0. The van der Waals surface area contributed by atoms with Crippen molar-refractivity contribution in [2.75, 3.05) is 5.75 Å². The minimum Gasteiger partial charge on any atom is -0.508 e. The molecule has 0 saturated heterocycles. The molecule has 2 rings (SSSR count). The number of phenolic OH excluding ortho intramolecular Hbond substituents is 2. The Bertz CT molecular complexity index is 748. The van der Waals surface area contributed by atoms with Gasteiger partial charge in [-0.3, -0.25) is 9.59 Å². The van der Waals surface area contributed by atoms with E-state index in [1.165, 1.54) is 17.8 Å². The SMILES string of the molecule is CC1CCCC(SCC(O)C(=O)O)CC(=O)c2c(O)cc(O)cc2CC(=O)O1. The zero-order chi connectivity index (χ0) is 20.8. The molecule has 8 nitrogen and oxygen atoms in total. The summed E-state index contributed by atoms with van der Waals surface area (Å²) in [7, 11) is 0. The average Bonchev–Trinajstić information content (AvgIpc) is 2.57. The lowest BCUT2D eigenvalue weighted by atomic mass is 9.95. The lowest BCUT2D eigenvalue weighted by molar-refractivity contribution is -0.148. The number of carboxylic acids is 1. The molecule has 1 aromatic carbocycles. The van der Waals surface area contributed by atoms with E-state index in [1.54, 1.807) is 6.92 Å². The molecule has 3 unspecified atom stereocenters. The van der Waals surface area contributed by atoms with E-state index in [1.807, 2.05) is 0 Å². The highest BCUT2D eigenvalue weighted by Gasteiger charge is 2.26. The number of Topliss-reactive ketones (excluding diaryl/α,β-unsaturated/α-hetero) is 1. The van der Waals surface area contributed by atoms with E-state index in [9.17, 15) is 29.7 Å². The van der Waals surface area contributed by atoms with Crippen LogP contribution in [0, 0.1) is 0 Å². The van der Waals surface area contributed by atoms with Crippen molar-refractivity contribution in [2.24, 2.45) is 0 Å². The number of hydrogen-bond donors (Lipinski definition) is 4. The molecule has 0 saturated carbocycles. The van der Waals surface area contributed by atoms with Crippen LogP contribution in [0.25, 0.3) is 0 Å². The molecule has 0 aliphatic carbocycles.